The molecule has 2 amide bonds. The van der Waals surface area contributed by atoms with Crippen LogP contribution >= 0.6 is 11.3 Å². The maximum Gasteiger partial charge on any atom is 0.324 e. The number of rotatable bonds is 1. The zero-order valence-corrected chi connectivity index (χ0v) is 12.7. The Morgan fingerprint density at radius 3 is 3.23 bits per heavy atom. The number of hydrogen-bond acceptors (Lipinski definition) is 5. The van der Waals surface area contributed by atoms with Crippen molar-refractivity contribution in [1.82, 2.24) is 10.3 Å². The molecule has 5 rings (SSSR count). The summed E-state index contributed by atoms with van der Waals surface area (Å²) in [5, 5.41) is 3.79. The Balaban J connectivity index is 1.61. The molecular formula is C15H16N4O2S. The Morgan fingerprint density at radius 1 is 1.41 bits per heavy atom. The van der Waals surface area contributed by atoms with Crippen molar-refractivity contribution in [2.45, 2.75) is 37.4 Å². The normalized spacial score (nSPS) is 29.6. The lowest BCUT2D eigenvalue weighted by atomic mass is 10.1. The molecule has 3 N–H and O–H groups in total. The van der Waals surface area contributed by atoms with Gasteiger partial charge in [-0.25, -0.2) is 9.78 Å². The number of benzene rings is 1. The summed E-state index contributed by atoms with van der Waals surface area (Å²) in [6.07, 6.45) is 2.76. The number of amides is 2. The molecule has 7 heteroatoms. The molecule has 2 aliphatic heterocycles. The van der Waals surface area contributed by atoms with Gasteiger partial charge in [0.15, 0.2) is 5.13 Å². The Bertz CT molecular complexity index is 789. The lowest BCUT2D eigenvalue weighted by Gasteiger charge is -2.18. The van der Waals surface area contributed by atoms with Crippen molar-refractivity contribution in [3.63, 3.8) is 0 Å². The average Bonchev–Trinajstić information content (AvgIpc) is 3.22. The molecule has 1 saturated carbocycles. The third-order valence-electron chi connectivity index (χ3n) is 4.94. The summed E-state index contributed by atoms with van der Waals surface area (Å²) in [4.78, 5) is 18.9. The standard InChI is InChI=1S/C15H16N4O2S/c16-8-1-2-9-13(8)17-14(20)19(9)15-18-12-7-5-6-21-10(7)3-4-11(12)22-15/h3-4,8-9,13H,1-2,5-6,16H2,(H,17,20)/t8-,9-,13+/m1/s1. The molecule has 0 bridgehead atoms. The van der Waals surface area contributed by atoms with Gasteiger partial charge in [-0.05, 0) is 25.0 Å². The molecule has 0 unspecified atom stereocenters. The number of ether oxygens (including phenoxy) is 1. The monoisotopic (exact) mass is 316 g/mol. The van der Waals surface area contributed by atoms with Gasteiger partial charge in [0.1, 0.15) is 5.75 Å². The second-order valence-corrected chi connectivity index (χ2v) is 7.15. The summed E-state index contributed by atoms with van der Waals surface area (Å²) in [6, 6.07) is 4.20. The van der Waals surface area contributed by atoms with Gasteiger partial charge >= 0.3 is 6.03 Å². The third-order valence-corrected chi connectivity index (χ3v) is 5.96. The van der Waals surface area contributed by atoms with E-state index in [2.05, 4.69) is 5.32 Å². The zero-order chi connectivity index (χ0) is 14.8. The second-order valence-electron chi connectivity index (χ2n) is 6.14. The van der Waals surface area contributed by atoms with Crippen molar-refractivity contribution in [2.24, 2.45) is 5.73 Å². The highest BCUT2D eigenvalue weighted by Gasteiger charge is 2.48. The summed E-state index contributed by atoms with van der Waals surface area (Å²) >= 11 is 1.57. The molecule has 0 spiro atoms. The maximum absolute atomic E-state index is 12.3. The summed E-state index contributed by atoms with van der Waals surface area (Å²) in [6.45, 7) is 0.713. The van der Waals surface area contributed by atoms with Crippen molar-refractivity contribution < 1.29 is 9.53 Å². The Morgan fingerprint density at radius 2 is 2.32 bits per heavy atom. The molecule has 114 valence electrons. The molecule has 3 aliphatic rings. The van der Waals surface area contributed by atoms with Crippen LogP contribution in [0.1, 0.15) is 18.4 Å². The van der Waals surface area contributed by atoms with Crippen LogP contribution in [0.4, 0.5) is 9.93 Å². The molecule has 1 saturated heterocycles. The second kappa shape index (κ2) is 4.33. The fourth-order valence-corrected chi connectivity index (χ4v) is 4.90. The van der Waals surface area contributed by atoms with Gasteiger partial charge < -0.3 is 15.8 Å². The molecular weight excluding hydrogens is 300 g/mol. The van der Waals surface area contributed by atoms with Gasteiger partial charge in [-0.3, -0.25) is 4.90 Å². The van der Waals surface area contributed by atoms with Gasteiger partial charge in [0.25, 0.3) is 0 Å². The maximum atomic E-state index is 12.3. The van der Waals surface area contributed by atoms with Crippen LogP contribution in [0.25, 0.3) is 10.2 Å². The topological polar surface area (TPSA) is 80.5 Å². The quantitative estimate of drug-likeness (QED) is 0.838. The SMILES string of the molecule is N[C@@H]1CC[C@@H]2[C@H]1NC(=O)N2c1nc2c3c(ccc2s1)OCC3. The van der Waals surface area contributed by atoms with E-state index >= 15 is 0 Å². The molecule has 0 radical (unpaired) electrons. The van der Waals surface area contributed by atoms with Crippen LogP contribution in [0.5, 0.6) is 5.75 Å². The van der Waals surface area contributed by atoms with Gasteiger partial charge in [0.2, 0.25) is 0 Å². The minimum atomic E-state index is -0.0721. The Labute approximate surface area is 131 Å². The molecule has 2 aromatic rings. The van der Waals surface area contributed by atoms with E-state index in [-0.39, 0.29) is 24.2 Å². The van der Waals surface area contributed by atoms with Crippen LogP contribution in [-0.2, 0) is 6.42 Å². The number of nitrogens with zero attached hydrogens (tertiary/aromatic N) is 2. The molecule has 1 aliphatic carbocycles. The molecule has 6 nitrogen and oxygen atoms in total. The number of carbonyl (C=O) groups is 1. The smallest absolute Gasteiger partial charge is 0.324 e. The number of nitrogens with one attached hydrogen (secondary N) is 1. The number of anilines is 1. The Kier molecular flexibility index (Phi) is 2.49. The molecule has 1 aromatic heterocycles. The van der Waals surface area contributed by atoms with Crippen molar-refractivity contribution in [3.8, 4) is 5.75 Å². The summed E-state index contributed by atoms with van der Waals surface area (Å²) in [7, 11) is 0. The van der Waals surface area contributed by atoms with E-state index in [0.717, 1.165) is 40.4 Å². The van der Waals surface area contributed by atoms with Crippen LogP contribution in [0.2, 0.25) is 0 Å². The molecule has 22 heavy (non-hydrogen) atoms. The fourth-order valence-electron chi connectivity index (χ4n) is 3.85. The van der Waals surface area contributed by atoms with E-state index in [9.17, 15) is 4.79 Å². The highest BCUT2D eigenvalue weighted by Crippen LogP contribution is 2.40. The van der Waals surface area contributed by atoms with E-state index in [1.165, 1.54) is 5.56 Å². The number of carbonyl (C=O) groups excluding carboxylic acids is 1. The van der Waals surface area contributed by atoms with Gasteiger partial charge in [-0.15, -0.1) is 0 Å². The van der Waals surface area contributed by atoms with Gasteiger partial charge in [-0.2, -0.15) is 0 Å². The number of hydrogen-bond donors (Lipinski definition) is 2. The summed E-state index contributed by atoms with van der Waals surface area (Å²) < 4.78 is 6.71. The third kappa shape index (κ3) is 1.58. The molecule has 3 atom stereocenters. The number of thiazole rings is 1. The first-order valence-corrected chi connectivity index (χ1v) is 8.44. The summed E-state index contributed by atoms with van der Waals surface area (Å²) in [5.41, 5.74) is 8.24. The molecule has 2 fully saturated rings. The first-order valence-electron chi connectivity index (χ1n) is 7.63. The van der Waals surface area contributed by atoms with Crippen LogP contribution < -0.4 is 20.7 Å². The molecule has 3 heterocycles. The van der Waals surface area contributed by atoms with Crippen molar-refractivity contribution in [3.05, 3.63) is 17.7 Å². The Hall–Kier alpha value is -1.86. The lowest BCUT2D eigenvalue weighted by molar-refractivity contribution is 0.249. The van der Waals surface area contributed by atoms with Gasteiger partial charge in [-0.1, -0.05) is 11.3 Å². The molecule has 1 aromatic carbocycles. The minimum absolute atomic E-state index is 0.0472. The van der Waals surface area contributed by atoms with Crippen LogP contribution in [-0.4, -0.2) is 35.7 Å². The first-order chi connectivity index (χ1) is 10.7. The predicted octanol–water partition coefficient (Wildman–Crippen LogP) is 1.62. The van der Waals surface area contributed by atoms with Crippen LogP contribution in [0, 0.1) is 0 Å². The highest BCUT2D eigenvalue weighted by atomic mass is 32.1. The lowest BCUT2D eigenvalue weighted by Crippen LogP contribution is -2.42. The number of fused-ring (bicyclic) bond motifs is 4. The average molecular weight is 316 g/mol. The fraction of sp³-hybridized carbons (Fsp3) is 0.467. The van der Waals surface area contributed by atoms with E-state index in [0.29, 0.717) is 6.61 Å². The van der Waals surface area contributed by atoms with E-state index in [1.54, 1.807) is 11.3 Å². The highest BCUT2D eigenvalue weighted by molar-refractivity contribution is 7.22. The van der Waals surface area contributed by atoms with E-state index in [1.807, 2.05) is 17.0 Å². The van der Waals surface area contributed by atoms with Crippen molar-refractivity contribution in [2.75, 3.05) is 11.5 Å². The zero-order valence-electron chi connectivity index (χ0n) is 11.9. The summed E-state index contributed by atoms with van der Waals surface area (Å²) in [5.74, 6) is 0.927. The van der Waals surface area contributed by atoms with Crippen LogP contribution in [0.3, 0.4) is 0 Å². The largest absolute Gasteiger partial charge is 0.493 e. The van der Waals surface area contributed by atoms with E-state index in [4.69, 9.17) is 15.5 Å². The number of nitrogens with two attached hydrogens (primary N) is 1. The predicted molar refractivity (Wildman–Crippen MR) is 84.6 cm³/mol. The van der Waals surface area contributed by atoms with Crippen LogP contribution in [0.15, 0.2) is 12.1 Å². The van der Waals surface area contributed by atoms with Gasteiger partial charge in [0.05, 0.1) is 28.9 Å². The first kappa shape index (κ1) is 12.7. The van der Waals surface area contributed by atoms with E-state index < -0.39 is 0 Å². The number of urea groups is 1. The van der Waals surface area contributed by atoms with Crippen molar-refractivity contribution in [1.29, 1.82) is 0 Å². The number of aromatic nitrogens is 1. The minimum Gasteiger partial charge on any atom is -0.493 e. The van der Waals surface area contributed by atoms with Gasteiger partial charge in [0, 0.05) is 18.0 Å². The van der Waals surface area contributed by atoms with Crippen molar-refractivity contribution >= 4 is 32.7 Å².